The summed E-state index contributed by atoms with van der Waals surface area (Å²) in [7, 11) is 0. The van der Waals surface area contributed by atoms with Gasteiger partial charge in [-0.3, -0.25) is 4.90 Å². The molecule has 2 unspecified atom stereocenters. The van der Waals surface area contributed by atoms with Crippen LogP contribution >= 0.6 is 0 Å². The lowest BCUT2D eigenvalue weighted by atomic mass is 10.1. The van der Waals surface area contributed by atoms with Crippen molar-refractivity contribution in [2.45, 2.75) is 58.2 Å². The molecule has 0 aromatic heterocycles. The van der Waals surface area contributed by atoms with E-state index in [4.69, 9.17) is 0 Å². The van der Waals surface area contributed by atoms with Gasteiger partial charge in [0.1, 0.15) is 0 Å². The molecule has 1 rings (SSSR count). The lowest BCUT2D eigenvalue weighted by Gasteiger charge is -2.27. The van der Waals surface area contributed by atoms with Crippen molar-refractivity contribution in [2.75, 3.05) is 19.6 Å². The van der Waals surface area contributed by atoms with Crippen LogP contribution in [-0.2, 0) is 0 Å². The van der Waals surface area contributed by atoms with Crippen LogP contribution in [0.1, 0.15) is 40.5 Å². The van der Waals surface area contributed by atoms with Crippen molar-refractivity contribution in [1.29, 1.82) is 0 Å². The van der Waals surface area contributed by atoms with Crippen LogP contribution in [0.5, 0.6) is 0 Å². The second kappa shape index (κ2) is 5.28. The molecule has 1 aliphatic rings. The van der Waals surface area contributed by atoms with E-state index in [9.17, 15) is 5.11 Å². The highest BCUT2D eigenvalue weighted by atomic mass is 16.3. The molecule has 90 valence electrons. The van der Waals surface area contributed by atoms with Gasteiger partial charge in [0.05, 0.1) is 6.10 Å². The summed E-state index contributed by atoms with van der Waals surface area (Å²) in [6.07, 6.45) is 2.31. The molecule has 1 heterocycles. The van der Waals surface area contributed by atoms with Crippen LogP contribution in [0.15, 0.2) is 0 Å². The Kier molecular flexibility index (Phi) is 4.56. The predicted octanol–water partition coefficient (Wildman–Crippen LogP) is 1.22. The Hall–Kier alpha value is -0.120. The van der Waals surface area contributed by atoms with Gasteiger partial charge in [-0.15, -0.1) is 0 Å². The highest BCUT2D eigenvalue weighted by Crippen LogP contribution is 2.16. The molecule has 0 radical (unpaired) electrons. The number of nitrogens with one attached hydrogen (secondary N) is 1. The molecule has 1 aliphatic heterocycles. The molecule has 3 nitrogen and oxygen atoms in total. The summed E-state index contributed by atoms with van der Waals surface area (Å²) >= 11 is 0. The fourth-order valence-electron chi connectivity index (χ4n) is 2.02. The van der Waals surface area contributed by atoms with Gasteiger partial charge < -0.3 is 10.4 Å². The fraction of sp³-hybridized carbons (Fsp3) is 1.00. The second-order valence-corrected chi connectivity index (χ2v) is 5.77. The average molecular weight is 214 g/mol. The molecule has 1 saturated heterocycles. The smallest absolute Gasteiger partial charge is 0.0791 e. The summed E-state index contributed by atoms with van der Waals surface area (Å²) in [6, 6.07) is 0.647. The van der Waals surface area contributed by atoms with Crippen LogP contribution in [0.25, 0.3) is 0 Å². The summed E-state index contributed by atoms with van der Waals surface area (Å²) < 4.78 is 0. The maximum atomic E-state index is 9.89. The Morgan fingerprint density at radius 2 is 2.13 bits per heavy atom. The molecule has 1 fully saturated rings. The van der Waals surface area contributed by atoms with Crippen LogP contribution in [0.3, 0.4) is 0 Å². The maximum absolute atomic E-state index is 9.89. The molecule has 2 N–H and O–H groups in total. The van der Waals surface area contributed by atoms with Gasteiger partial charge in [-0.25, -0.2) is 0 Å². The van der Waals surface area contributed by atoms with Crippen LogP contribution < -0.4 is 5.32 Å². The lowest BCUT2D eigenvalue weighted by molar-refractivity contribution is 0.102. The quantitative estimate of drug-likeness (QED) is 0.738. The lowest BCUT2D eigenvalue weighted by Crippen LogP contribution is -2.45. The zero-order chi connectivity index (χ0) is 11.5. The van der Waals surface area contributed by atoms with Crippen molar-refractivity contribution >= 4 is 0 Å². The van der Waals surface area contributed by atoms with Crippen LogP contribution in [0, 0.1) is 0 Å². The normalized spacial score (nSPS) is 25.8. The fourth-order valence-corrected chi connectivity index (χ4v) is 2.02. The van der Waals surface area contributed by atoms with Crippen molar-refractivity contribution in [1.82, 2.24) is 10.2 Å². The third-order valence-corrected chi connectivity index (χ3v) is 3.00. The molecule has 0 amide bonds. The average Bonchev–Trinajstić information content (AvgIpc) is 2.47. The first-order chi connectivity index (χ1) is 6.88. The van der Waals surface area contributed by atoms with Crippen molar-refractivity contribution < 1.29 is 5.11 Å². The minimum Gasteiger partial charge on any atom is -0.390 e. The number of aliphatic hydroxyl groups is 1. The van der Waals surface area contributed by atoms with E-state index < -0.39 is 0 Å². The van der Waals surface area contributed by atoms with E-state index in [1.165, 1.54) is 12.8 Å². The van der Waals surface area contributed by atoms with E-state index in [-0.39, 0.29) is 11.6 Å². The number of likely N-dealkylation sites (tertiary alicyclic amines) is 1. The van der Waals surface area contributed by atoms with E-state index in [0.717, 1.165) is 13.1 Å². The summed E-state index contributed by atoms with van der Waals surface area (Å²) in [4.78, 5) is 2.38. The van der Waals surface area contributed by atoms with Gasteiger partial charge in [0, 0.05) is 24.7 Å². The number of β-amino-alcohol motifs (C(OH)–C–C–N with tert-alkyl or cyclic N) is 1. The monoisotopic (exact) mass is 214 g/mol. The summed E-state index contributed by atoms with van der Waals surface area (Å²) in [5.74, 6) is 0. The van der Waals surface area contributed by atoms with E-state index in [2.05, 4.69) is 37.9 Å². The first-order valence-electron chi connectivity index (χ1n) is 6.05. The number of aliphatic hydroxyl groups excluding tert-OH is 1. The Morgan fingerprint density at radius 1 is 1.47 bits per heavy atom. The van der Waals surface area contributed by atoms with Gasteiger partial charge in [-0.2, -0.15) is 0 Å². The number of hydrogen-bond donors (Lipinski definition) is 2. The molecule has 0 bridgehead atoms. The largest absolute Gasteiger partial charge is 0.390 e. The Labute approximate surface area is 93.9 Å². The van der Waals surface area contributed by atoms with Gasteiger partial charge >= 0.3 is 0 Å². The van der Waals surface area contributed by atoms with E-state index in [1.807, 2.05) is 0 Å². The molecule has 0 aliphatic carbocycles. The molecule has 0 aromatic carbocycles. The van der Waals surface area contributed by atoms with Gasteiger partial charge in [0.15, 0.2) is 0 Å². The number of rotatable bonds is 4. The molecule has 3 heteroatoms. The first-order valence-corrected chi connectivity index (χ1v) is 6.05. The van der Waals surface area contributed by atoms with E-state index in [0.29, 0.717) is 12.6 Å². The predicted molar refractivity (Wildman–Crippen MR) is 64.0 cm³/mol. The van der Waals surface area contributed by atoms with Crippen molar-refractivity contribution in [3.63, 3.8) is 0 Å². The van der Waals surface area contributed by atoms with Crippen LogP contribution in [0.4, 0.5) is 0 Å². The van der Waals surface area contributed by atoms with Crippen molar-refractivity contribution in [3.05, 3.63) is 0 Å². The van der Waals surface area contributed by atoms with E-state index >= 15 is 0 Å². The van der Waals surface area contributed by atoms with Crippen molar-refractivity contribution in [3.8, 4) is 0 Å². The minimum absolute atomic E-state index is 0.0948. The molecule has 2 atom stereocenters. The molecule has 0 saturated carbocycles. The zero-order valence-corrected chi connectivity index (χ0v) is 10.6. The van der Waals surface area contributed by atoms with Crippen LogP contribution in [-0.4, -0.2) is 47.3 Å². The molecule has 15 heavy (non-hydrogen) atoms. The number of hydrogen-bond acceptors (Lipinski definition) is 3. The third kappa shape index (κ3) is 4.96. The minimum atomic E-state index is -0.246. The molecular weight excluding hydrogens is 188 g/mol. The van der Waals surface area contributed by atoms with Crippen LogP contribution in [0.2, 0.25) is 0 Å². The topological polar surface area (TPSA) is 35.5 Å². The van der Waals surface area contributed by atoms with Gasteiger partial charge in [-0.05, 0) is 47.1 Å². The summed E-state index contributed by atoms with van der Waals surface area (Å²) in [5.41, 5.74) is 0.0948. The van der Waals surface area contributed by atoms with Crippen molar-refractivity contribution in [2.24, 2.45) is 0 Å². The highest BCUT2D eigenvalue weighted by Gasteiger charge is 2.22. The Morgan fingerprint density at radius 3 is 2.60 bits per heavy atom. The zero-order valence-electron chi connectivity index (χ0n) is 10.6. The SMILES string of the molecule is CC1CCCN1CC(O)CNC(C)(C)C. The Bertz CT molecular complexity index is 189. The highest BCUT2D eigenvalue weighted by molar-refractivity contribution is 4.79. The molecule has 0 aromatic rings. The molecular formula is C12H26N2O. The van der Waals surface area contributed by atoms with Gasteiger partial charge in [0.2, 0.25) is 0 Å². The molecule has 0 spiro atoms. The summed E-state index contributed by atoms with van der Waals surface area (Å²) in [6.45, 7) is 11.3. The second-order valence-electron chi connectivity index (χ2n) is 5.77. The Balaban J connectivity index is 2.20. The summed E-state index contributed by atoms with van der Waals surface area (Å²) in [5, 5.41) is 13.2. The van der Waals surface area contributed by atoms with Gasteiger partial charge in [0.25, 0.3) is 0 Å². The number of nitrogens with zero attached hydrogens (tertiary/aromatic N) is 1. The standard InChI is InChI=1S/C12H26N2O/c1-10-6-5-7-14(10)9-11(15)8-13-12(2,3)4/h10-11,13,15H,5-9H2,1-4H3. The first kappa shape index (κ1) is 12.9. The maximum Gasteiger partial charge on any atom is 0.0791 e. The van der Waals surface area contributed by atoms with Gasteiger partial charge in [-0.1, -0.05) is 0 Å². The third-order valence-electron chi connectivity index (χ3n) is 3.00. The van der Waals surface area contributed by atoms with E-state index in [1.54, 1.807) is 0 Å².